The number of carbonyl (C=O) groups excluding carboxylic acids is 1. The lowest BCUT2D eigenvalue weighted by Crippen LogP contribution is -2.14. The minimum absolute atomic E-state index is 0.0909. The first-order chi connectivity index (χ1) is 8.92. The van der Waals surface area contributed by atoms with E-state index in [1.54, 1.807) is 18.2 Å². The molecule has 0 saturated heterocycles. The molecule has 0 saturated carbocycles. The van der Waals surface area contributed by atoms with Gasteiger partial charge in [0.2, 0.25) is 0 Å². The van der Waals surface area contributed by atoms with Crippen LogP contribution in [0.4, 0.5) is 0 Å². The molecular weight excluding hydrogens is 336 g/mol. The lowest BCUT2D eigenvalue weighted by Gasteiger charge is -2.04. The van der Waals surface area contributed by atoms with Crippen LogP contribution >= 0.6 is 15.9 Å². The van der Waals surface area contributed by atoms with Crippen molar-refractivity contribution >= 4 is 37.4 Å². The maximum Gasteiger partial charge on any atom is 0.358 e. The number of rotatable bonds is 3. The highest BCUT2D eigenvalue weighted by Crippen LogP contribution is 2.23. The Kier molecular flexibility index (Phi) is 3.64. The average molecular weight is 347 g/mol. The molecule has 8 heteroatoms. The van der Waals surface area contributed by atoms with Gasteiger partial charge >= 0.3 is 5.97 Å². The number of methoxy groups -OCH3 is 1. The molecule has 0 unspecified atom stereocenters. The number of sulfone groups is 1. The summed E-state index contributed by atoms with van der Waals surface area (Å²) in [4.78, 5) is 15.9. The van der Waals surface area contributed by atoms with Crippen molar-refractivity contribution in [3.63, 3.8) is 0 Å². The van der Waals surface area contributed by atoms with Crippen LogP contribution in [-0.2, 0) is 14.6 Å². The minimum Gasteiger partial charge on any atom is -0.464 e. The van der Waals surface area contributed by atoms with Gasteiger partial charge in [-0.15, -0.1) is 0 Å². The number of pyridine rings is 1. The van der Waals surface area contributed by atoms with Gasteiger partial charge in [-0.25, -0.2) is 18.2 Å². The molecule has 0 radical (unpaired) electrons. The summed E-state index contributed by atoms with van der Waals surface area (Å²) in [5.41, 5.74) is 0.272. The predicted octanol–water partition coefficient (Wildman–Crippen LogP) is 1.68. The van der Waals surface area contributed by atoms with Crippen molar-refractivity contribution in [2.75, 3.05) is 12.9 Å². The van der Waals surface area contributed by atoms with Gasteiger partial charge in [-0.2, -0.15) is 0 Å². The Morgan fingerprint density at radius 1 is 1.47 bits per heavy atom. The number of aromatic nitrogens is 2. The molecule has 0 aliphatic rings. The number of imidazole rings is 1. The summed E-state index contributed by atoms with van der Waals surface area (Å²) in [6.45, 7) is 1.50. The van der Waals surface area contributed by atoms with Gasteiger partial charge in [0.05, 0.1) is 17.5 Å². The molecule has 19 heavy (non-hydrogen) atoms. The van der Waals surface area contributed by atoms with Gasteiger partial charge in [0.1, 0.15) is 5.65 Å². The van der Waals surface area contributed by atoms with Gasteiger partial charge < -0.3 is 4.74 Å². The zero-order valence-electron chi connectivity index (χ0n) is 10.3. The third-order valence-electron chi connectivity index (χ3n) is 2.62. The van der Waals surface area contributed by atoms with Crippen molar-refractivity contribution in [2.45, 2.75) is 11.9 Å². The Hall–Kier alpha value is -1.41. The summed E-state index contributed by atoms with van der Waals surface area (Å²) < 4.78 is 30.6. The standard InChI is InChI=1S/C11H11BrN2O4S/c1-3-19(16,17)10-9(11(15)18-2)14-7(12)5-4-6-8(14)13-10/h4-6H,3H2,1-2H3. The van der Waals surface area contributed by atoms with Crippen LogP contribution in [0.2, 0.25) is 0 Å². The molecule has 0 fully saturated rings. The van der Waals surface area contributed by atoms with E-state index in [2.05, 4.69) is 25.7 Å². The summed E-state index contributed by atoms with van der Waals surface area (Å²) in [5, 5.41) is -0.256. The normalized spacial score (nSPS) is 11.7. The van der Waals surface area contributed by atoms with E-state index in [9.17, 15) is 13.2 Å². The van der Waals surface area contributed by atoms with Crippen LogP contribution in [0.1, 0.15) is 17.4 Å². The molecule has 6 nitrogen and oxygen atoms in total. The number of halogens is 1. The third-order valence-corrected chi connectivity index (χ3v) is 4.87. The van der Waals surface area contributed by atoms with Gasteiger partial charge in [0, 0.05) is 0 Å². The quantitative estimate of drug-likeness (QED) is 0.624. The van der Waals surface area contributed by atoms with Crippen LogP contribution in [0.5, 0.6) is 0 Å². The number of hydrogen-bond acceptors (Lipinski definition) is 5. The zero-order valence-corrected chi connectivity index (χ0v) is 12.7. The van der Waals surface area contributed by atoms with Gasteiger partial charge in [0.15, 0.2) is 20.6 Å². The van der Waals surface area contributed by atoms with Crippen molar-refractivity contribution in [3.05, 3.63) is 28.5 Å². The fourth-order valence-electron chi connectivity index (χ4n) is 1.66. The molecule has 0 aliphatic carbocycles. The highest BCUT2D eigenvalue weighted by atomic mass is 79.9. The maximum absolute atomic E-state index is 12.0. The lowest BCUT2D eigenvalue weighted by atomic mass is 10.4. The number of ether oxygens (including phenoxy) is 1. The molecule has 0 spiro atoms. The van der Waals surface area contributed by atoms with E-state index in [1.807, 2.05) is 0 Å². The number of esters is 1. The topological polar surface area (TPSA) is 77.7 Å². The maximum atomic E-state index is 12.0. The first-order valence-electron chi connectivity index (χ1n) is 5.40. The second-order valence-corrected chi connectivity index (χ2v) is 6.71. The molecule has 0 aromatic carbocycles. The molecule has 0 atom stereocenters. The van der Waals surface area contributed by atoms with E-state index in [0.29, 0.717) is 10.3 Å². The van der Waals surface area contributed by atoms with Gasteiger partial charge in [-0.1, -0.05) is 13.0 Å². The molecule has 0 bridgehead atoms. The summed E-state index contributed by atoms with van der Waals surface area (Å²) in [6, 6.07) is 5.01. The molecule has 0 N–H and O–H groups in total. The molecule has 2 aromatic heterocycles. The van der Waals surface area contributed by atoms with E-state index in [0.717, 1.165) is 0 Å². The van der Waals surface area contributed by atoms with Crippen LogP contribution in [0.15, 0.2) is 27.8 Å². The van der Waals surface area contributed by atoms with Gasteiger partial charge in [-0.3, -0.25) is 4.40 Å². The fraction of sp³-hybridized carbons (Fsp3) is 0.273. The average Bonchev–Trinajstić information content (AvgIpc) is 2.79. The van der Waals surface area contributed by atoms with Crippen LogP contribution in [-0.4, -0.2) is 36.6 Å². The number of hydrogen-bond donors (Lipinski definition) is 0. The zero-order chi connectivity index (χ0) is 14.2. The van der Waals surface area contributed by atoms with Crippen molar-refractivity contribution in [2.24, 2.45) is 0 Å². The Morgan fingerprint density at radius 2 is 2.16 bits per heavy atom. The number of carbonyl (C=O) groups is 1. The van der Waals surface area contributed by atoms with Crippen LogP contribution in [0, 0.1) is 0 Å². The molecule has 0 amide bonds. The van der Waals surface area contributed by atoms with E-state index in [4.69, 9.17) is 0 Å². The summed E-state index contributed by atoms with van der Waals surface area (Å²) in [5.74, 6) is -0.884. The van der Waals surface area contributed by atoms with Gasteiger partial charge in [-0.05, 0) is 28.1 Å². The van der Waals surface area contributed by atoms with Crippen molar-refractivity contribution < 1.29 is 17.9 Å². The smallest absolute Gasteiger partial charge is 0.358 e. The third kappa shape index (κ3) is 2.25. The molecule has 102 valence electrons. The van der Waals surface area contributed by atoms with Crippen molar-refractivity contribution in [1.29, 1.82) is 0 Å². The second-order valence-electron chi connectivity index (χ2n) is 3.70. The first kappa shape index (κ1) is 14.0. The van der Waals surface area contributed by atoms with Crippen LogP contribution < -0.4 is 0 Å². The highest BCUT2D eigenvalue weighted by molar-refractivity contribution is 9.10. The highest BCUT2D eigenvalue weighted by Gasteiger charge is 2.29. The molecule has 0 aliphatic heterocycles. The first-order valence-corrected chi connectivity index (χ1v) is 7.85. The van der Waals surface area contributed by atoms with E-state index >= 15 is 0 Å². The summed E-state index contributed by atoms with van der Waals surface area (Å²) in [6.07, 6.45) is 0. The molecule has 2 heterocycles. The number of nitrogens with zero attached hydrogens (tertiary/aromatic N) is 2. The fourth-order valence-corrected chi connectivity index (χ4v) is 3.15. The second kappa shape index (κ2) is 4.93. The Labute approximate surface area is 118 Å². The van der Waals surface area contributed by atoms with Crippen molar-refractivity contribution in [1.82, 2.24) is 9.38 Å². The number of fused-ring (bicyclic) bond motifs is 1. The molecule has 2 aromatic rings. The monoisotopic (exact) mass is 346 g/mol. The minimum atomic E-state index is -3.62. The van der Waals surface area contributed by atoms with Crippen LogP contribution in [0.3, 0.4) is 0 Å². The van der Waals surface area contributed by atoms with Crippen LogP contribution in [0.25, 0.3) is 5.65 Å². The van der Waals surface area contributed by atoms with Gasteiger partial charge in [0.25, 0.3) is 0 Å². The van der Waals surface area contributed by atoms with E-state index in [1.165, 1.54) is 18.4 Å². The summed E-state index contributed by atoms with van der Waals surface area (Å²) in [7, 11) is -2.42. The predicted molar refractivity (Wildman–Crippen MR) is 72.0 cm³/mol. The van der Waals surface area contributed by atoms with E-state index < -0.39 is 15.8 Å². The van der Waals surface area contributed by atoms with E-state index in [-0.39, 0.29) is 16.5 Å². The SMILES string of the molecule is CCS(=O)(=O)c1nc2cccc(Br)n2c1C(=O)OC. The lowest BCUT2D eigenvalue weighted by molar-refractivity contribution is 0.0587. The van der Waals surface area contributed by atoms with Crippen molar-refractivity contribution in [3.8, 4) is 0 Å². The Balaban J connectivity index is 2.93. The Bertz CT molecular complexity index is 751. The summed E-state index contributed by atoms with van der Waals surface area (Å²) >= 11 is 3.27. The molecular formula is C11H11BrN2O4S. The molecule has 2 rings (SSSR count). The Morgan fingerprint density at radius 3 is 2.74 bits per heavy atom. The largest absolute Gasteiger partial charge is 0.464 e.